The van der Waals surface area contributed by atoms with Crippen LogP contribution < -0.4 is 0 Å². The van der Waals surface area contributed by atoms with E-state index in [4.69, 9.17) is 22.1 Å². The molecule has 0 bridgehead atoms. The molecule has 0 heterocycles. The van der Waals surface area contributed by atoms with Crippen LogP contribution in [0.1, 0.15) is 0 Å². The Bertz CT molecular complexity index is 181. The molecule has 0 unspecified atom stereocenters. The average molecular weight is 147 g/mol. The summed E-state index contributed by atoms with van der Waals surface area (Å²) in [6.07, 6.45) is 0. The topological polar surface area (TPSA) is 73.4 Å². The van der Waals surface area contributed by atoms with Gasteiger partial charge in [-0.15, -0.1) is 11.6 Å². The molecule has 48 valence electrons. The van der Waals surface area contributed by atoms with Crippen LogP contribution in [-0.4, -0.2) is 22.6 Å². The van der Waals surface area contributed by atoms with Crippen molar-refractivity contribution in [1.82, 2.24) is 0 Å². The Morgan fingerprint density at radius 2 is 2.44 bits per heavy atom. The zero-order valence-electron chi connectivity index (χ0n) is 4.33. The Hall–Kier alpha value is -1.08. The summed E-state index contributed by atoms with van der Waals surface area (Å²) in [6, 6.07) is 1.37. The molecule has 0 aliphatic heterocycles. The van der Waals surface area contributed by atoms with Crippen molar-refractivity contribution in [3.63, 3.8) is 0 Å². The molecule has 4 nitrogen and oxygen atoms in total. The van der Waals surface area contributed by atoms with E-state index in [1.54, 1.807) is 0 Å². The molecular formula is C4H3ClN2O2. The van der Waals surface area contributed by atoms with Gasteiger partial charge in [0, 0.05) is 0 Å². The number of hydrogen-bond donors (Lipinski definition) is 1. The second-order valence-electron chi connectivity index (χ2n) is 1.12. The summed E-state index contributed by atoms with van der Waals surface area (Å²) in [5.41, 5.74) is -0.565. The molecule has 0 atom stereocenters. The van der Waals surface area contributed by atoms with E-state index in [1.807, 2.05) is 0 Å². The van der Waals surface area contributed by atoms with E-state index in [-0.39, 0.29) is 5.88 Å². The van der Waals surface area contributed by atoms with E-state index in [2.05, 4.69) is 5.16 Å². The first-order valence-corrected chi connectivity index (χ1v) is 2.51. The highest BCUT2D eigenvalue weighted by Gasteiger charge is 2.07. The number of rotatable bonds is 2. The molecule has 1 N–H and O–H groups in total. The minimum atomic E-state index is -0.679. The number of carbonyl (C=O) groups excluding carboxylic acids is 1. The summed E-state index contributed by atoms with van der Waals surface area (Å²) >= 11 is 5.01. The minimum absolute atomic E-state index is 0.340. The fourth-order valence-electron chi connectivity index (χ4n) is 0.204. The van der Waals surface area contributed by atoms with Gasteiger partial charge < -0.3 is 5.21 Å². The molecule has 0 saturated carbocycles. The van der Waals surface area contributed by atoms with Crippen LogP contribution >= 0.6 is 11.6 Å². The third-order valence-corrected chi connectivity index (χ3v) is 0.834. The summed E-state index contributed by atoms with van der Waals surface area (Å²) < 4.78 is 0. The average Bonchev–Trinajstić information content (AvgIpc) is 1.90. The van der Waals surface area contributed by atoms with Gasteiger partial charge in [0.1, 0.15) is 6.07 Å². The Morgan fingerprint density at radius 1 is 1.89 bits per heavy atom. The fourth-order valence-corrected chi connectivity index (χ4v) is 0.330. The van der Waals surface area contributed by atoms with Crippen molar-refractivity contribution >= 4 is 23.1 Å². The van der Waals surface area contributed by atoms with Crippen LogP contribution in [0.5, 0.6) is 0 Å². The quantitative estimate of drug-likeness (QED) is 0.261. The van der Waals surface area contributed by atoms with E-state index in [9.17, 15) is 4.79 Å². The Labute approximate surface area is 56.3 Å². The van der Waals surface area contributed by atoms with Crippen molar-refractivity contribution in [2.75, 3.05) is 5.88 Å². The molecule has 0 radical (unpaired) electrons. The predicted molar refractivity (Wildman–Crippen MR) is 30.6 cm³/mol. The first kappa shape index (κ1) is 7.92. The smallest absolute Gasteiger partial charge is 0.223 e. The molecule has 0 aromatic carbocycles. The summed E-state index contributed by atoms with van der Waals surface area (Å²) in [6.45, 7) is 0. The Balaban J connectivity index is 4.19. The zero-order chi connectivity index (χ0) is 7.28. The lowest BCUT2D eigenvalue weighted by molar-refractivity contribution is -0.110. The molecule has 0 fully saturated rings. The van der Waals surface area contributed by atoms with Crippen LogP contribution in [0.15, 0.2) is 5.16 Å². The molecule has 0 aromatic heterocycles. The third-order valence-electron chi connectivity index (χ3n) is 0.591. The lowest BCUT2D eigenvalue weighted by Crippen LogP contribution is -2.12. The Kier molecular flexibility index (Phi) is 3.40. The molecule has 0 spiro atoms. The fraction of sp³-hybridized carbons (Fsp3) is 0.250. The van der Waals surface area contributed by atoms with Crippen LogP contribution in [0.3, 0.4) is 0 Å². The number of oxime groups is 1. The normalized spacial score (nSPS) is 10.4. The van der Waals surface area contributed by atoms with Gasteiger partial charge in [0.25, 0.3) is 0 Å². The maximum absolute atomic E-state index is 10.3. The van der Waals surface area contributed by atoms with Crippen molar-refractivity contribution in [1.29, 1.82) is 5.26 Å². The zero-order valence-corrected chi connectivity index (χ0v) is 5.09. The van der Waals surface area contributed by atoms with Crippen molar-refractivity contribution in [2.45, 2.75) is 0 Å². The van der Waals surface area contributed by atoms with Gasteiger partial charge in [-0.25, -0.2) is 0 Å². The summed E-state index contributed by atoms with van der Waals surface area (Å²) in [7, 11) is 0. The highest BCUT2D eigenvalue weighted by Crippen LogP contribution is 1.82. The van der Waals surface area contributed by atoms with Gasteiger partial charge in [0.05, 0.1) is 5.88 Å². The Morgan fingerprint density at radius 3 is 2.56 bits per heavy atom. The van der Waals surface area contributed by atoms with Crippen molar-refractivity contribution in [3.05, 3.63) is 0 Å². The van der Waals surface area contributed by atoms with Crippen LogP contribution in [0.4, 0.5) is 0 Å². The van der Waals surface area contributed by atoms with Crippen molar-refractivity contribution in [2.24, 2.45) is 5.16 Å². The number of nitriles is 1. The molecular weight excluding hydrogens is 144 g/mol. The number of alkyl halides is 1. The van der Waals surface area contributed by atoms with E-state index in [1.165, 1.54) is 6.07 Å². The highest BCUT2D eigenvalue weighted by atomic mass is 35.5. The molecule has 0 aliphatic rings. The SMILES string of the molecule is N#CC(=NO)C(=O)CCl. The lowest BCUT2D eigenvalue weighted by atomic mass is 10.3. The van der Waals surface area contributed by atoms with Crippen LogP contribution in [0.2, 0.25) is 0 Å². The van der Waals surface area contributed by atoms with Gasteiger partial charge >= 0.3 is 0 Å². The lowest BCUT2D eigenvalue weighted by Gasteiger charge is -1.84. The van der Waals surface area contributed by atoms with Crippen LogP contribution in [-0.2, 0) is 4.79 Å². The number of ketones is 1. The maximum atomic E-state index is 10.3. The van der Waals surface area contributed by atoms with Crippen molar-refractivity contribution in [3.8, 4) is 6.07 Å². The van der Waals surface area contributed by atoms with Gasteiger partial charge in [0.2, 0.25) is 11.5 Å². The van der Waals surface area contributed by atoms with E-state index >= 15 is 0 Å². The number of halogens is 1. The van der Waals surface area contributed by atoms with Crippen molar-refractivity contribution < 1.29 is 10.0 Å². The van der Waals surface area contributed by atoms with Crippen LogP contribution in [0, 0.1) is 11.3 Å². The van der Waals surface area contributed by atoms with Gasteiger partial charge in [-0.1, -0.05) is 5.16 Å². The largest absolute Gasteiger partial charge is 0.410 e. The molecule has 9 heavy (non-hydrogen) atoms. The summed E-state index contributed by atoms with van der Waals surface area (Å²) in [5, 5.41) is 18.3. The van der Waals surface area contributed by atoms with Crippen LogP contribution in [0.25, 0.3) is 0 Å². The summed E-state index contributed by atoms with van der Waals surface area (Å²) in [4.78, 5) is 10.3. The molecule has 0 saturated heterocycles. The highest BCUT2D eigenvalue weighted by molar-refractivity contribution is 6.53. The molecule has 0 amide bonds. The van der Waals surface area contributed by atoms with Gasteiger partial charge in [-0.2, -0.15) is 5.26 Å². The van der Waals surface area contributed by atoms with E-state index in [0.717, 1.165) is 0 Å². The van der Waals surface area contributed by atoms with Gasteiger partial charge in [0.15, 0.2) is 0 Å². The van der Waals surface area contributed by atoms with E-state index < -0.39 is 11.5 Å². The number of carbonyl (C=O) groups is 1. The number of hydrogen-bond acceptors (Lipinski definition) is 4. The monoisotopic (exact) mass is 146 g/mol. The molecule has 0 rings (SSSR count). The summed E-state index contributed by atoms with van der Waals surface area (Å²) in [5.74, 6) is -1.02. The molecule has 0 aliphatic carbocycles. The number of nitrogens with zero attached hydrogens (tertiary/aromatic N) is 2. The van der Waals surface area contributed by atoms with Gasteiger partial charge in [-0.05, 0) is 0 Å². The maximum Gasteiger partial charge on any atom is 0.223 e. The first-order chi connectivity index (χ1) is 4.26. The van der Waals surface area contributed by atoms with E-state index in [0.29, 0.717) is 0 Å². The second kappa shape index (κ2) is 3.87. The molecule has 5 heteroatoms. The minimum Gasteiger partial charge on any atom is -0.410 e. The standard InChI is InChI=1S/C4H3ClN2O2/c5-1-4(8)3(2-6)7-9/h9H,1H2. The van der Waals surface area contributed by atoms with Gasteiger partial charge in [-0.3, -0.25) is 4.79 Å². The second-order valence-corrected chi connectivity index (χ2v) is 1.38. The molecule has 0 aromatic rings. The predicted octanol–water partition coefficient (Wildman–Crippen LogP) is 0.148. The third kappa shape index (κ3) is 2.11. The first-order valence-electron chi connectivity index (χ1n) is 1.97. The number of Topliss-reactive ketones (excluding diaryl/α,β-unsaturated/α-hetero) is 1.